The summed E-state index contributed by atoms with van der Waals surface area (Å²) in [6, 6.07) is 6.79. The number of aromatic nitrogens is 4. The van der Waals surface area contributed by atoms with Gasteiger partial charge in [-0.1, -0.05) is 6.07 Å². The highest BCUT2D eigenvalue weighted by Crippen LogP contribution is 2.27. The van der Waals surface area contributed by atoms with Crippen LogP contribution in [0.25, 0.3) is 16.7 Å². The molecular weight excluding hydrogens is 336 g/mol. The van der Waals surface area contributed by atoms with Crippen molar-refractivity contribution in [1.82, 2.24) is 19.7 Å². The summed E-state index contributed by atoms with van der Waals surface area (Å²) in [7, 11) is 0. The van der Waals surface area contributed by atoms with Gasteiger partial charge < -0.3 is 10.4 Å². The number of benzene rings is 1. The monoisotopic (exact) mass is 354 g/mol. The lowest BCUT2D eigenvalue weighted by molar-refractivity contribution is -0.383. The molecule has 1 aliphatic carbocycles. The summed E-state index contributed by atoms with van der Waals surface area (Å²) in [5, 5.41) is 28.8. The topological polar surface area (TPSA) is 119 Å². The number of aliphatic hydroxyl groups is 1. The summed E-state index contributed by atoms with van der Waals surface area (Å²) in [6.45, 7) is 0. The first kappa shape index (κ1) is 16.4. The Morgan fingerprint density at radius 2 is 2.04 bits per heavy atom. The number of non-ortho nitro benzene ring substituents is 1. The highest BCUT2D eigenvalue weighted by atomic mass is 16.6. The zero-order valence-electron chi connectivity index (χ0n) is 13.9. The molecule has 2 aromatic heterocycles. The Balaban J connectivity index is 1.64. The van der Waals surface area contributed by atoms with Gasteiger partial charge in [-0.25, -0.2) is 9.67 Å². The quantitative estimate of drug-likeness (QED) is 0.545. The summed E-state index contributed by atoms with van der Waals surface area (Å²) >= 11 is 0. The number of fused-ring (bicyclic) bond motifs is 1. The van der Waals surface area contributed by atoms with Crippen LogP contribution in [0.15, 0.2) is 36.7 Å². The molecule has 0 saturated heterocycles. The summed E-state index contributed by atoms with van der Waals surface area (Å²) in [6.07, 6.45) is 6.16. The van der Waals surface area contributed by atoms with Crippen LogP contribution >= 0.6 is 0 Å². The van der Waals surface area contributed by atoms with E-state index in [0.29, 0.717) is 22.7 Å². The van der Waals surface area contributed by atoms with Crippen LogP contribution in [0.4, 0.5) is 11.6 Å². The average Bonchev–Trinajstić information content (AvgIpc) is 3.08. The van der Waals surface area contributed by atoms with Gasteiger partial charge in [0.2, 0.25) is 5.95 Å². The maximum atomic E-state index is 11.2. The highest BCUT2D eigenvalue weighted by molar-refractivity contribution is 5.88. The number of nitro benzene ring substituents is 1. The average molecular weight is 354 g/mol. The van der Waals surface area contributed by atoms with Crippen LogP contribution in [0.5, 0.6) is 0 Å². The number of rotatable bonds is 4. The van der Waals surface area contributed by atoms with E-state index >= 15 is 0 Å². The van der Waals surface area contributed by atoms with Gasteiger partial charge in [0.1, 0.15) is 0 Å². The third-order valence-corrected chi connectivity index (χ3v) is 4.68. The van der Waals surface area contributed by atoms with Gasteiger partial charge in [-0.05, 0) is 31.7 Å². The van der Waals surface area contributed by atoms with E-state index in [9.17, 15) is 15.2 Å². The molecule has 1 fully saturated rings. The first-order valence-corrected chi connectivity index (χ1v) is 8.51. The molecule has 1 aliphatic rings. The van der Waals surface area contributed by atoms with Crippen molar-refractivity contribution >= 4 is 22.5 Å². The van der Waals surface area contributed by atoms with Gasteiger partial charge in [0.25, 0.3) is 5.69 Å². The largest absolute Gasteiger partial charge is 0.393 e. The van der Waals surface area contributed by atoms with Gasteiger partial charge in [0, 0.05) is 24.4 Å². The summed E-state index contributed by atoms with van der Waals surface area (Å²) in [5.74, 6) is 1.02. The second-order valence-corrected chi connectivity index (χ2v) is 6.41. The zero-order chi connectivity index (χ0) is 18.1. The van der Waals surface area contributed by atoms with Gasteiger partial charge in [0.05, 0.1) is 28.1 Å². The van der Waals surface area contributed by atoms with E-state index in [4.69, 9.17) is 0 Å². The Morgan fingerprint density at radius 3 is 2.81 bits per heavy atom. The van der Waals surface area contributed by atoms with Crippen LogP contribution in [-0.4, -0.2) is 41.9 Å². The smallest absolute Gasteiger partial charge is 0.280 e. The minimum Gasteiger partial charge on any atom is -0.393 e. The van der Waals surface area contributed by atoms with Gasteiger partial charge in [-0.15, -0.1) is 0 Å². The van der Waals surface area contributed by atoms with Gasteiger partial charge in [-0.3, -0.25) is 10.1 Å². The first-order chi connectivity index (χ1) is 12.6. The lowest BCUT2D eigenvalue weighted by Crippen LogP contribution is -2.29. The number of hydrogen-bond acceptors (Lipinski definition) is 7. The zero-order valence-corrected chi connectivity index (χ0v) is 13.9. The maximum Gasteiger partial charge on any atom is 0.280 e. The number of nitrogens with zero attached hydrogens (tertiary/aromatic N) is 5. The lowest BCUT2D eigenvalue weighted by atomic mass is 9.93. The fourth-order valence-electron chi connectivity index (χ4n) is 3.32. The van der Waals surface area contributed by atoms with Crippen LogP contribution in [0.3, 0.4) is 0 Å². The van der Waals surface area contributed by atoms with Crippen LogP contribution < -0.4 is 5.32 Å². The molecule has 0 aliphatic heterocycles. The summed E-state index contributed by atoms with van der Waals surface area (Å²) in [4.78, 5) is 19.5. The number of nitrogens with one attached hydrogen (secondary N) is 1. The predicted octanol–water partition coefficient (Wildman–Crippen LogP) is 2.44. The van der Waals surface area contributed by atoms with Gasteiger partial charge >= 0.3 is 0 Å². The maximum absolute atomic E-state index is 11.2. The minimum absolute atomic E-state index is 0.0157. The molecule has 0 radical (unpaired) electrons. The van der Waals surface area contributed by atoms with E-state index in [2.05, 4.69) is 20.4 Å². The Bertz CT molecular complexity index is 949. The van der Waals surface area contributed by atoms with E-state index in [0.717, 1.165) is 25.7 Å². The van der Waals surface area contributed by atoms with E-state index in [1.807, 2.05) is 0 Å². The second-order valence-electron chi connectivity index (χ2n) is 6.41. The predicted molar refractivity (Wildman–Crippen MR) is 95.2 cm³/mol. The standard InChI is InChI=1S/C17H18N6O3/c24-12-6-4-11(5-7-12)20-17-18-9-8-16(21-17)22-14-2-1-3-15(23(25)26)13(14)10-19-22/h1-3,8-12,24H,4-7H2,(H,18,20,21)/t11-,12-. The van der Waals surface area contributed by atoms with E-state index in [1.165, 1.54) is 12.3 Å². The first-order valence-electron chi connectivity index (χ1n) is 8.51. The third-order valence-electron chi connectivity index (χ3n) is 4.68. The summed E-state index contributed by atoms with van der Waals surface area (Å²) in [5.41, 5.74) is 0.631. The molecule has 26 heavy (non-hydrogen) atoms. The fourth-order valence-corrected chi connectivity index (χ4v) is 3.32. The molecule has 2 N–H and O–H groups in total. The fraction of sp³-hybridized carbons (Fsp3) is 0.353. The molecule has 9 nitrogen and oxygen atoms in total. The molecule has 1 aromatic carbocycles. The van der Waals surface area contributed by atoms with Crippen LogP contribution in [0.2, 0.25) is 0 Å². The van der Waals surface area contributed by atoms with Crippen molar-refractivity contribution in [2.45, 2.75) is 37.8 Å². The van der Waals surface area contributed by atoms with Crippen molar-refractivity contribution in [3.05, 3.63) is 46.8 Å². The molecule has 0 amide bonds. The molecule has 2 heterocycles. The van der Waals surface area contributed by atoms with E-state index < -0.39 is 4.92 Å². The molecule has 1 saturated carbocycles. The molecule has 0 bridgehead atoms. The van der Waals surface area contributed by atoms with Crippen molar-refractivity contribution in [3.8, 4) is 5.82 Å². The number of anilines is 1. The molecule has 0 unspecified atom stereocenters. The number of aliphatic hydroxyl groups excluding tert-OH is 1. The van der Waals surface area contributed by atoms with Gasteiger partial charge in [0.15, 0.2) is 5.82 Å². The highest BCUT2D eigenvalue weighted by Gasteiger charge is 2.20. The Labute approximate surface area is 148 Å². The molecule has 3 aromatic rings. The van der Waals surface area contributed by atoms with Gasteiger partial charge in [-0.2, -0.15) is 10.1 Å². The summed E-state index contributed by atoms with van der Waals surface area (Å²) < 4.78 is 1.57. The van der Waals surface area contributed by atoms with E-state index in [-0.39, 0.29) is 17.8 Å². The Kier molecular flexibility index (Phi) is 4.21. The van der Waals surface area contributed by atoms with Crippen molar-refractivity contribution in [2.24, 2.45) is 0 Å². The van der Waals surface area contributed by atoms with Crippen LogP contribution in [0.1, 0.15) is 25.7 Å². The van der Waals surface area contributed by atoms with Crippen molar-refractivity contribution in [2.75, 3.05) is 5.32 Å². The lowest BCUT2D eigenvalue weighted by Gasteiger charge is -2.26. The molecule has 9 heteroatoms. The van der Waals surface area contributed by atoms with Crippen LogP contribution in [0, 0.1) is 10.1 Å². The third kappa shape index (κ3) is 3.08. The van der Waals surface area contributed by atoms with Crippen molar-refractivity contribution < 1.29 is 10.0 Å². The molecule has 0 spiro atoms. The Hall–Kier alpha value is -3.07. The number of hydrogen-bond donors (Lipinski definition) is 2. The number of nitro groups is 1. The molecular formula is C17H18N6O3. The normalized spacial score (nSPS) is 20.2. The minimum atomic E-state index is -0.418. The van der Waals surface area contributed by atoms with Crippen LogP contribution in [-0.2, 0) is 0 Å². The van der Waals surface area contributed by atoms with E-state index in [1.54, 1.807) is 29.1 Å². The molecule has 4 rings (SSSR count). The molecule has 0 atom stereocenters. The molecule has 134 valence electrons. The van der Waals surface area contributed by atoms with Crippen molar-refractivity contribution in [3.63, 3.8) is 0 Å². The second kappa shape index (κ2) is 6.68. The Morgan fingerprint density at radius 1 is 1.23 bits per heavy atom. The SMILES string of the molecule is O=[N+]([O-])c1cccc2c1cnn2-c1ccnc(N[C@H]2CC[C@H](O)CC2)n1. The van der Waals surface area contributed by atoms with Crippen molar-refractivity contribution in [1.29, 1.82) is 0 Å².